The SMILES string of the molecule is Cc1ccc(Nc2n[nH]nc2C(=O)Nc2ccc(Br)c(C)c2)cc1. The molecule has 0 saturated carbocycles. The van der Waals surface area contributed by atoms with Crippen LogP contribution in [-0.2, 0) is 0 Å². The minimum Gasteiger partial charge on any atom is -0.337 e. The molecule has 1 amide bonds. The van der Waals surface area contributed by atoms with Crippen molar-refractivity contribution in [1.29, 1.82) is 0 Å². The number of benzene rings is 2. The summed E-state index contributed by atoms with van der Waals surface area (Å²) in [5.41, 5.74) is 3.93. The quantitative estimate of drug-likeness (QED) is 0.628. The third-order valence-electron chi connectivity index (χ3n) is 3.49. The van der Waals surface area contributed by atoms with Crippen LogP contribution >= 0.6 is 15.9 Å². The predicted molar refractivity (Wildman–Crippen MR) is 97.7 cm³/mol. The highest BCUT2D eigenvalue weighted by Gasteiger charge is 2.17. The van der Waals surface area contributed by atoms with Crippen LogP contribution in [-0.4, -0.2) is 21.3 Å². The van der Waals surface area contributed by atoms with E-state index in [9.17, 15) is 4.79 Å². The van der Waals surface area contributed by atoms with Crippen molar-refractivity contribution >= 4 is 39.0 Å². The second-order valence-corrected chi connectivity index (χ2v) is 6.28. The Kier molecular flexibility index (Phi) is 4.61. The summed E-state index contributed by atoms with van der Waals surface area (Å²) in [4.78, 5) is 12.5. The Balaban J connectivity index is 1.77. The van der Waals surface area contributed by atoms with Crippen LogP contribution in [0.1, 0.15) is 21.6 Å². The number of aromatic amines is 1. The molecule has 2 aromatic carbocycles. The Hall–Kier alpha value is -2.67. The molecule has 1 heterocycles. The second-order valence-electron chi connectivity index (χ2n) is 5.43. The lowest BCUT2D eigenvalue weighted by Crippen LogP contribution is -2.14. The van der Waals surface area contributed by atoms with E-state index in [1.807, 2.05) is 56.3 Å². The summed E-state index contributed by atoms with van der Waals surface area (Å²) >= 11 is 3.44. The summed E-state index contributed by atoms with van der Waals surface area (Å²) in [6.07, 6.45) is 0. The molecule has 3 rings (SSSR count). The molecule has 6 nitrogen and oxygen atoms in total. The summed E-state index contributed by atoms with van der Waals surface area (Å²) in [5, 5.41) is 16.4. The number of nitrogens with zero attached hydrogens (tertiary/aromatic N) is 2. The van der Waals surface area contributed by atoms with Gasteiger partial charge >= 0.3 is 0 Å². The average molecular weight is 386 g/mol. The fourth-order valence-electron chi connectivity index (χ4n) is 2.16. The molecular formula is C17H16BrN5O. The van der Waals surface area contributed by atoms with Gasteiger partial charge in [-0.25, -0.2) is 0 Å². The number of rotatable bonds is 4. The van der Waals surface area contributed by atoms with Gasteiger partial charge in [-0.1, -0.05) is 33.6 Å². The zero-order valence-electron chi connectivity index (χ0n) is 13.2. The van der Waals surface area contributed by atoms with Gasteiger partial charge < -0.3 is 10.6 Å². The molecule has 0 aliphatic heterocycles. The Morgan fingerprint density at radius 1 is 1.04 bits per heavy atom. The van der Waals surface area contributed by atoms with E-state index in [2.05, 4.69) is 42.0 Å². The van der Waals surface area contributed by atoms with Crippen LogP contribution in [0.2, 0.25) is 0 Å². The maximum atomic E-state index is 12.5. The van der Waals surface area contributed by atoms with Crippen LogP contribution in [0.4, 0.5) is 17.2 Å². The number of carbonyl (C=O) groups excluding carboxylic acids is 1. The van der Waals surface area contributed by atoms with Gasteiger partial charge in [-0.15, -0.1) is 10.2 Å². The zero-order valence-corrected chi connectivity index (χ0v) is 14.8. The van der Waals surface area contributed by atoms with Gasteiger partial charge in [0.1, 0.15) is 0 Å². The van der Waals surface area contributed by atoms with Crippen molar-refractivity contribution in [2.24, 2.45) is 0 Å². The van der Waals surface area contributed by atoms with Crippen molar-refractivity contribution in [3.8, 4) is 0 Å². The molecule has 7 heteroatoms. The molecule has 0 unspecified atom stereocenters. The number of aromatic nitrogens is 3. The van der Waals surface area contributed by atoms with Gasteiger partial charge in [-0.05, 0) is 49.7 Å². The van der Waals surface area contributed by atoms with Crippen molar-refractivity contribution < 1.29 is 4.79 Å². The highest BCUT2D eigenvalue weighted by molar-refractivity contribution is 9.10. The number of hydrogen-bond acceptors (Lipinski definition) is 4. The first-order valence-corrected chi connectivity index (χ1v) is 8.14. The van der Waals surface area contributed by atoms with E-state index < -0.39 is 0 Å². The number of aryl methyl sites for hydroxylation is 2. The van der Waals surface area contributed by atoms with Crippen molar-refractivity contribution in [2.45, 2.75) is 13.8 Å². The summed E-state index contributed by atoms with van der Waals surface area (Å²) < 4.78 is 0.990. The van der Waals surface area contributed by atoms with Gasteiger partial charge in [0.25, 0.3) is 5.91 Å². The van der Waals surface area contributed by atoms with Gasteiger partial charge in [-0.2, -0.15) is 5.21 Å². The average Bonchev–Trinajstić information content (AvgIpc) is 3.01. The molecule has 0 bridgehead atoms. The molecule has 0 aliphatic rings. The number of halogens is 1. The van der Waals surface area contributed by atoms with Crippen molar-refractivity contribution in [1.82, 2.24) is 15.4 Å². The lowest BCUT2D eigenvalue weighted by atomic mass is 10.2. The molecule has 0 spiro atoms. The van der Waals surface area contributed by atoms with E-state index in [0.717, 1.165) is 21.3 Å². The smallest absolute Gasteiger partial charge is 0.280 e. The summed E-state index contributed by atoms with van der Waals surface area (Å²) in [6, 6.07) is 13.4. The number of H-pyrrole nitrogens is 1. The highest BCUT2D eigenvalue weighted by Crippen LogP contribution is 2.22. The molecule has 0 fully saturated rings. The molecule has 0 aliphatic carbocycles. The van der Waals surface area contributed by atoms with Crippen LogP contribution in [0, 0.1) is 13.8 Å². The van der Waals surface area contributed by atoms with Crippen molar-refractivity contribution in [3.05, 3.63) is 63.8 Å². The first kappa shape index (κ1) is 16.2. The van der Waals surface area contributed by atoms with Gasteiger partial charge in [0.2, 0.25) is 0 Å². The standard InChI is InChI=1S/C17H16BrN5O/c1-10-3-5-12(6-4-10)19-16-15(21-23-22-16)17(24)20-13-7-8-14(18)11(2)9-13/h3-9H,1-2H3,(H,20,24)(H2,19,21,22,23). The summed E-state index contributed by atoms with van der Waals surface area (Å²) in [5.74, 6) is 0.0465. The lowest BCUT2D eigenvalue weighted by molar-refractivity contribution is 0.102. The zero-order chi connectivity index (χ0) is 17.1. The van der Waals surface area contributed by atoms with E-state index in [-0.39, 0.29) is 11.6 Å². The maximum absolute atomic E-state index is 12.5. The second kappa shape index (κ2) is 6.84. The molecule has 24 heavy (non-hydrogen) atoms. The number of carbonyl (C=O) groups is 1. The largest absolute Gasteiger partial charge is 0.337 e. The van der Waals surface area contributed by atoms with Crippen molar-refractivity contribution in [2.75, 3.05) is 10.6 Å². The topological polar surface area (TPSA) is 82.7 Å². The minimum absolute atomic E-state index is 0.205. The molecule has 0 radical (unpaired) electrons. The molecule has 1 aromatic heterocycles. The minimum atomic E-state index is -0.333. The van der Waals surface area contributed by atoms with Gasteiger partial charge in [-0.3, -0.25) is 4.79 Å². The molecule has 0 saturated heterocycles. The van der Waals surface area contributed by atoms with E-state index in [1.54, 1.807) is 0 Å². The van der Waals surface area contributed by atoms with E-state index >= 15 is 0 Å². The van der Waals surface area contributed by atoms with Crippen LogP contribution < -0.4 is 10.6 Å². The number of nitrogens with one attached hydrogen (secondary N) is 3. The lowest BCUT2D eigenvalue weighted by Gasteiger charge is -2.07. The van der Waals surface area contributed by atoms with Crippen LogP contribution in [0.3, 0.4) is 0 Å². The molecule has 122 valence electrons. The first-order chi connectivity index (χ1) is 11.5. The maximum Gasteiger partial charge on any atom is 0.280 e. The Bertz CT molecular complexity index is 873. The normalized spacial score (nSPS) is 10.5. The van der Waals surface area contributed by atoms with Crippen LogP contribution in [0.25, 0.3) is 0 Å². The van der Waals surface area contributed by atoms with E-state index in [4.69, 9.17) is 0 Å². The number of hydrogen-bond donors (Lipinski definition) is 3. The molecule has 3 aromatic rings. The van der Waals surface area contributed by atoms with Crippen LogP contribution in [0.5, 0.6) is 0 Å². The summed E-state index contributed by atoms with van der Waals surface area (Å²) in [7, 11) is 0. The number of amides is 1. The Morgan fingerprint density at radius 3 is 2.46 bits per heavy atom. The molecule has 0 atom stereocenters. The predicted octanol–water partition coefficient (Wildman–Crippen LogP) is 4.18. The highest BCUT2D eigenvalue weighted by atomic mass is 79.9. The van der Waals surface area contributed by atoms with Crippen molar-refractivity contribution in [3.63, 3.8) is 0 Å². The third-order valence-corrected chi connectivity index (χ3v) is 4.38. The van der Waals surface area contributed by atoms with E-state index in [1.165, 1.54) is 0 Å². The fraction of sp³-hybridized carbons (Fsp3) is 0.118. The molecular weight excluding hydrogens is 370 g/mol. The fourth-order valence-corrected chi connectivity index (χ4v) is 2.41. The number of anilines is 3. The van der Waals surface area contributed by atoms with Gasteiger partial charge in [0.05, 0.1) is 0 Å². The summed E-state index contributed by atoms with van der Waals surface area (Å²) in [6.45, 7) is 3.97. The van der Waals surface area contributed by atoms with Gasteiger partial charge in [0, 0.05) is 15.8 Å². The Labute approximate surface area is 147 Å². The third kappa shape index (κ3) is 3.62. The monoisotopic (exact) mass is 385 g/mol. The first-order valence-electron chi connectivity index (χ1n) is 7.35. The molecule has 3 N–H and O–H groups in total. The van der Waals surface area contributed by atoms with Gasteiger partial charge in [0.15, 0.2) is 11.5 Å². The van der Waals surface area contributed by atoms with E-state index in [0.29, 0.717) is 11.5 Å². The Morgan fingerprint density at radius 2 is 1.75 bits per heavy atom. The van der Waals surface area contributed by atoms with Crippen LogP contribution in [0.15, 0.2) is 46.9 Å².